The largest absolute Gasteiger partial charge is 0.495 e. The molecule has 0 fully saturated rings. The summed E-state index contributed by atoms with van der Waals surface area (Å²) in [5, 5.41) is 3.89. The van der Waals surface area contributed by atoms with Crippen molar-refractivity contribution in [3.63, 3.8) is 0 Å². The number of rotatable bonds is 2. The molecule has 6 heteroatoms. The molecule has 2 heterocycles. The van der Waals surface area contributed by atoms with Crippen molar-refractivity contribution < 1.29 is 13.5 Å². The third kappa shape index (κ3) is 1.84. The van der Waals surface area contributed by atoms with E-state index in [1.165, 1.54) is 7.11 Å². The Morgan fingerprint density at radius 3 is 2.90 bits per heavy atom. The molecule has 0 bridgehead atoms. The first-order valence-corrected chi connectivity index (χ1v) is 6.61. The van der Waals surface area contributed by atoms with Gasteiger partial charge in [0.25, 0.3) is 6.43 Å². The van der Waals surface area contributed by atoms with Crippen molar-refractivity contribution >= 4 is 22.5 Å². The summed E-state index contributed by atoms with van der Waals surface area (Å²) in [5.74, 6) is 0.253. The number of benzene rings is 1. The van der Waals surface area contributed by atoms with Crippen LogP contribution >= 0.6 is 11.6 Å². The van der Waals surface area contributed by atoms with Crippen LogP contribution < -0.4 is 10.1 Å². The Kier molecular flexibility index (Phi) is 3.26. The third-order valence-corrected chi connectivity index (χ3v) is 4.08. The van der Waals surface area contributed by atoms with E-state index in [-0.39, 0.29) is 27.9 Å². The first-order valence-electron chi connectivity index (χ1n) is 6.24. The number of ether oxygens (including phenoxy) is 1. The average molecular weight is 299 g/mol. The van der Waals surface area contributed by atoms with Gasteiger partial charge in [0.2, 0.25) is 0 Å². The molecule has 0 spiro atoms. The summed E-state index contributed by atoms with van der Waals surface area (Å²) in [6, 6.07) is 1.78. The Morgan fingerprint density at radius 1 is 1.50 bits per heavy atom. The topological polar surface area (TPSA) is 34.1 Å². The van der Waals surface area contributed by atoms with Crippen LogP contribution in [0.1, 0.15) is 36.1 Å². The second kappa shape index (κ2) is 4.82. The maximum Gasteiger partial charge on any atom is 0.267 e. The highest BCUT2D eigenvalue weighted by molar-refractivity contribution is 6.34. The van der Waals surface area contributed by atoms with Crippen molar-refractivity contribution in [2.24, 2.45) is 0 Å². The highest BCUT2D eigenvalue weighted by Crippen LogP contribution is 2.42. The third-order valence-electron chi connectivity index (χ3n) is 3.69. The molecule has 0 saturated heterocycles. The minimum atomic E-state index is -2.70. The normalized spacial score (nSPS) is 17.8. The predicted octanol–water partition coefficient (Wildman–Crippen LogP) is 4.00. The molecule has 2 aromatic rings. The molecule has 1 aliphatic rings. The number of nitrogens with zero attached hydrogens (tertiary/aromatic N) is 1. The van der Waals surface area contributed by atoms with Crippen LogP contribution in [0.15, 0.2) is 12.3 Å². The standard InChI is InChI=1S/C14H13ClF2N2O/c1-6-10-7(4-18-6)5-19-13-8(10)3-9(20-2)12(15)11(13)14(16)17/h3,5-6,14,18H,4H2,1-2H3/t6-/m0/s1. The van der Waals surface area contributed by atoms with Gasteiger partial charge in [-0.25, -0.2) is 8.78 Å². The first kappa shape index (κ1) is 13.5. The number of fused-ring (bicyclic) bond motifs is 3. The highest BCUT2D eigenvalue weighted by Gasteiger charge is 2.27. The molecule has 1 atom stereocenters. The molecule has 106 valence electrons. The SMILES string of the molecule is COc1cc2c3c(cnc2c(C(F)F)c1Cl)CN[C@H]3C. The van der Waals surface area contributed by atoms with Crippen molar-refractivity contribution in [2.45, 2.75) is 25.9 Å². The molecule has 0 amide bonds. The van der Waals surface area contributed by atoms with E-state index in [1.54, 1.807) is 12.3 Å². The average Bonchev–Trinajstić information content (AvgIpc) is 2.79. The van der Waals surface area contributed by atoms with E-state index in [4.69, 9.17) is 16.3 Å². The van der Waals surface area contributed by atoms with Gasteiger partial charge in [0, 0.05) is 24.2 Å². The fourth-order valence-corrected chi connectivity index (χ4v) is 3.04. The smallest absolute Gasteiger partial charge is 0.267 e. The lowest BCUT2D eigenvalue weighted by molar-refractivity contribution is 0.152. The van der Waals surface area contributed by atoms with E-state index in [0.29, 0.717) is 11.9 Å². The Labute approximate surface area is 119 Å². The Morgan fingerprint density at radius 2 is 2.25 bits per heavy atom. The summed E-state index contributed by atoms with van der Waals surface area (Å²) in [6.45, 7) is 2.68. The lowest BCUT2D eigenvalue weighted by Crippen LogP contribution is -2.07. The predicted molar refractivity (Wildman–Crippen MR) is 73.5 cm³/mol. The van der Waals surface area contributed by atoms with Crippen molar-refractivity contribution in [1.29, 1.82) is 0 Å². The number of aromatic nitrogens is 1. The Bertz CT molecular complexity index is 691. The van der Waals surface area contributed by atoms with Crippen molar-refractivity contribution in [1.82, 2.24) is 10.3 Å². The molecule has 1 aliphatic heterocycles. The lowest BCUT2D eigenvalue weighted by Gasteiger charge is -2.15. The van der Waals surface area contributed by atoms with Gasteiger partial charge >= 0.3 is 0 Å². The molecule has 1 aromatic carbocycles. The lowest BCUT2D eigenvalue weighted by atomic mass is 9.99. The second-order valence-corrected chi connectivity index (χ2v) is 5.18. The van der Waals surface area contributed by atoms with Gasteiger partial charge in [-0.2, -0.15) is 0 Å². The maximum absolute atomic E-state index is 13.3. The molecule has 3 rings (SSSR count). The molecular formula is C14H13ClF2N2O. The molecule has 20 heavy (non-hydrogen) atoms. The number of hydrogen-bond acceptors (Lipinski definition) is 3. The van der Waals surface area contributed by atoms with Crippen LogP contribution in [0, 0.1) is 0 Å². The molecule has 1 aromatic heterocycles. The van der Waals surface area contributed by atoms with Crippen LogP contribution in [0.4, 0.5) is 8.78 Å². The van der Waals surface area contributed by atoms with Gasteiger partial charge < -0.3 is 10.1 Å². The zero-order valence-corrected chi connectivity index (χ0v) is 11.8. The van der Waals surface area contributed by atoms with Gasteiger partial charge in [-0.05, 0) is 24.1 Å². The van der Waals surface area contributed by atoms with E-state index in [9.17, 15) is 8.78 Å². The van der Waals surface area contributed by atoms with Crippen molar-refractivity contribution in [3.8, 4) is 5.75 Å². The fourth-order valence-electron chi connectivity index (χ4n) is 2.74. The van der Waals surface area contributed by atoms with Gasteiger partial charge in [0.05, 0.1) is 23.2 Å². The summed E-state index contributed by atoms with van der Waals surface area (Å²) in [7, 11) is 1.42. The number of nitrogens with one attached hydrogen (secondary N) is 1. The Hall–Kier alpha value is -1.46. The number of pyridine rings is 1. The maximum atomic E-state index is 13.3. The molecular weight excluding hydrogens is 286 g/mol. The van der Waals surface area contributed by atoms with Crippen LogP contribution in [-0.4, -0.2) is 12.1 Å². The van der Waals surface area contributed by atoms with Gasteiger partial charge in [-0.15, -0.1) is 0 Å². The van der Waals surface area contributed by atoms with Gasteiger partial charge in [0.1, 0.15) is 5.75 Å². The zero-order chi connectivity index (χ0) is 14.4. The van der Waals surface area contributed by atoms with E-state index < -0.39 is 6.43 Å². The van der Waals surface area contributed by atoms with Crippen molar-refractivity contribution in [2.75, 3.05) is 7.11 Å². The second-order valence-electron chi connectivity index (χ2n) is 4.80. The summed E-state index contributed by atoms with van der Waals surface area (Å²) in [4.78, 5) is 4.18. The van der Waals surface area contributed by atoms with Crippen LogP contribution in [0.25, 0.3) is 10.9 Å². The molecule has 0 saturated carbocycles. The monoisotopic (exact) mass is 298 g/mol. The van der Waals surface area contributed by atoms with E-state index >= 15 is 0 Å². The summed E-state index contributed by atoms with van der Waals surface area (Å²) in [6.07, 6.45) is -1.06. The molecule has 0 radical (unpaired) electrons. The summed E-state index contributed by atoms with van der Waals surface area (Å²) >= 11 is 6.01. The first-order chi connectivity index (χ1) is 9.54. The Balaban J connectivity index is 2.43. The minimum Gasteiger partial charge on any atom is -0.495 e. The van der Waals surface area contributed by atoms with E-state index in [1.807, 2.05) is 6.92 Å². The van der Waals surface area contributed by atoms with Crippen LogP contribution in [-0.2, 0) is 6.54 Å². The highest BCUT2D eigenvalue weighted by atomic mass is 35.5. The van der Waals surface area contributed by atoms with Gasteiger partial charge in [0.15, 0.2) is 0 Å². The van der Waals surface area contributed by atoms with Crippen LogP contribution in [0.3, 0.4) is 0 Å². The molecule has 0 unspecified atom stereocenters. The van der Waals surface area contributed by atoms with Crippen LogP contribution in [0.2, 0.25) is 5.02 Å². The quantitative estimate of drug-likeness (QED) is 0.910. The number of hydrogen-bond donors (Lipinski definition) is 1. The fraction of sp³-hybridized carbons (Fsp3) is 0.357. The number of methoxy groups -OCH3 is 1. The van der Waals surface area contributed by atoms with Crippen LogP contribution in [0.5, 0.6) is 5.75 Å². The molecule has 0 aliphatic carbocycles. The zero-order valence-electron chi connectivity index (χ0n) is 11.0. The minimum absolute atomic E-state index is 0.0685. The summed E-state index contributed by atoms with van der Waals surface area (Å²) in [5.41, 5.74) is 2.00. The molecule has 1 N–H and O–H groups in total. The summed E-state index contributed by atoms with van der Waals surface area (Å²) < 4.78 is 31.8. The number of alkyl halides is 2. The number of halogens is 3. The van der Waals surface area contributed by atoms with E-state index in [0.717, 1.165) is 11.1 Å². The molecule has 3 nitrogen and oxygen atoms in total. The van der Waals surface area contributed by atoms with E-state index in [2.05, 4.69) is 10.3 Å². The van der Waals surface area contributed by atoms with Gasteiger partial charge in [-0.1, -0.05) is 11.6 Å². The van der Waals surface area contributed by atoms with Gasteiger partial charge in [-0.3, -0.25) is 4.98 Å². The van der Waals surface area contributed by atoms with Crippen molar-refractivity contribution in [3.05, 3.63) is 34.0 Å².